The summed E-state index contributed by atoms with van der Waals surface area (Å²) in [5.41, 5.74) is 4.16. The molecule has 1 aliphatic rings. The Balaban J connectivity index is 1.74. The van der Waals surface area contributed by atoms with Crippen LogP contribution in [0.15, 0.2) is 36.8 Å². The van der Waals surface area contributed by atoms with Gasteiger partial charge in [-0.05, 0) is 24.1 Å². The molecular formula is C17H19N3O. The molecule has 21 heavy (non-hydrogen) atoms. The third-order valence-corrected chi connectivity index (χ3v) is 3.89. The number of nitrogens with zero attached hydrogens (tertiary/aromatic N) is 3. The minimum atomic E-state index is 0.0903. The number of benzene rings is 1. The van der Waals surface area contributed by atoms with Crippen molar-refractivity contribution >= 4 is 5.91 Å². The summed E-state index contributed by atoms with van der Waals surface area (Å²) in [5, 5.41) is 0. The van der Waals surface area contributed by atoms with E-state index in [1.807, 2.05) is 23.2 Å². The third-order valence-electron chi connectivity index (χ3n) is 3.89. The van der Waals surface area contributed by atoms with E-state index >= 15 is 0 Å². The molecule has 4 heteroatoms. The van der Waals surface area contributed by atoms with Crippen LogP contribution in [0.1, 0.15) is 40.5 Å². The van der Waals surface area contributed by atoms with Crippen LogP contribution >= 0.6 is 0 Å². The lowest BCUT2D eigenvalue weighted by atomic mass is 10.0. The zero-order valence-corrected chi connectivity index (χ0v) is 12.2. The van der Waals surface area contributed by atoms with Gasteiger partial charge in [-0.1, -0.05) is 25.5 Å². The van der Waals surface area contributed by atoms with E-state index in [0.29, 0.717) is 6.54 Å². The van der Waals surface area contributed by atoms with Crippen LogP contribution in [0.25, 0.3) is 0 Å². The van der Waals surface area contributed by atoms with Crippen LogP contribution in [0.2, 0.25) is 0 Å². The van der Waals surface area contributed by atoms with E-state index in [0.717, 1.165) is 42.6 Å². The van der Waals surface area contributed by atoms with E-state index in [1.54, 1.807) is 6.33 Å². The lowest BCUT2D eigenvalue weighted by molar-refractivity contribution is 0.0733. The first-order chi connectivity index (χ1) is 10.3. The highest BCUT2D eigenvalue weighted by molar-refractivity contribution is 5.94. The highest BCUT2D eigenvalue weighted by Gasteiger charge is 2.22. The van der Waals surface area contributed by atoms with E-state index in [4.69, 9.17) is 0 Å². The third kappa shape index (κ3) is 2.94. The fraction of sp³-hybridized carbons (Fsp3) is 0.353. The summed E-state index contributed by atoms with van der Waals surface area (Å²) < 4.78 is 0. The molecule has 0 saturated heterocycles. The normalized spacial score (nSPS) is 13.9. The SMILES string of the molecule is CCCc1ccc(C(=O)N2CCc3ncncc3C2)cc1. The summed E-state index contributed by atoms with van der Waals surface area (Å²) >= 11 is 0. The van der Waals surface area contributed by atoms with Gasteiger partial charge in [0.2, 0.25) is 0 Å². The minimum absolute atomic E-state index is 0.0903. The molecular weight excluding hydrogens is 262 g/mol. The monoisotopic (exact) mass is 281 g/mol. The molecule has 1 aromatic heterocycles. The van der Waals surface area contributed by atoms with Crippen molar-refractivity contribution in [2.24, 2.45) is 0 Å². The van der Waals surface area contributed by atoms with Crippen LogP contribution in [0.3, 0.4) is 0 Å². The van der Waals surface area contributed by atoms with Crippen molar-refractivity contribution in [3.8, 4) is 0 Å². The van der Waals surface area contributed by atoms with Crippen molar-refractivity contribution in [1.82, 2.24) is 14.9 Å². The minimum Gasteiger partial charge on any atom is -0.334 e. The molecule has 4 nitrogen and oxygen atoms in total. The van der Waals surface area contributed by atoms with E-state index in [1.165, 1.54) is 5.56 Å². The number of fused-ring (bicyclic) bond motifs is 1. The Morgan fingerprint density at radius 2 is 2.10 bits per heavy atom. The first-order valence-corrected chi connectivity index (χ1v) is 7.44. The quantitative estimate of drug-likeness (QED) is 0.869. The molecule has 0 atom stereocenters. The van der Waals surface area contributed by atoms with Gasteiger partial charge in [-0.15, -0.1) is 0 Å². The highest BCUT2D eigenvalue weighted by atomic mass is 16.2. The number of hydrogen-bond donors (Lipinski definition) is 0. The lowest BCUT2D eigenvalue weighted by Crippen LogP contribution is -2.36. The smallest absolute Gasteiger partial charge is 0.254 e. The van der Waals surface area contributed by atoms with Gasteiger partial charge in [0.25, 0.3) is 5.91 Å². The summed E-state index contributed by atoms with van der Waals surface area (Å²) in [6.07, 6.45) is 6.37. The molecule has 0 aliphatic carbocycles. The largest absolute Gasteiger partial charge is 0.334 e. The van der Waals surface area contributed by atoms with E-state index in [-0.39, 0.29) is 5.91 Å². The van der Waals surface area contributed by atoms with Crippen molar-refractivity contribution in [1.29, 1.82) is 0 Å². The molecule has 108 valence electrons. The molecule has 2 aromatic rings. The topological polar surface area (TPSA) is 46.1 Å². The summed E-state index contributed by atoms with van der Waals surface area (Å²) in [6, 6.07) is 7.98. The maximum Gasteiger partial charge on any atom is 0.254 e. The molecule has 0 unspecified atom stereocenters. The molecule has 0 radical (unpaired) electrons. The number of hydrogen-bond acceptors (Lipinski definition) is 3. The van der Waals surface area contributed by atoms with Crippen LogP contribution in [-0.4, -0.2) is 27.3 Å². The lowest BCUT2D eigenvalue weighted by Gasteiger charge is -2.28. The van der Waals surface area contributed by atoms with Crippen molar-refractivity contribution in [3.05, 3.63) is 59.2 Å². The second-order valence-corrected chi connectivity index (χ2v) is 5.42. The van der Waals surface area contributed by atoms with Gasteiger partial charge in [-0.3, -0.25) is 4.79 Å². The Kier molecular flexibility index (Phi) is 3.95. The van der Waals surface area contributed by atoms with Crippen LogP contribution in [-0.2, 0) is 19.4 Å². The summed E-state index contributed by atoms with van der Waals surface area (Å²) in [7, 11) is 0. The van der Waals surface area contributed by atoms with Gasteiger partial charge in [0.1, 0.15) is 6.33 Å². The van der Waals surface area contributed by atoms with Gasteiger partial charge in [-0.25, -0.2) is 9.97 Å². The molecule has 3 rings (SSSR count). The maximum atomic E-state index is 12.6. The van der Waals surface area contributed by atoms with Crippen LogP contribution in [0, 0.1) is 0 Å². The molecule has 0 spiro atoms. The Labute approximate surface area is 124 Å². The second-order valence-electron chi connectivity index (χ2n) is 5.42. The summed E-state index contributed by atoms with van der Waals surface area (Å²) in [5.74, 6) is 0.0903. The molecule has 0 bridgehead atoms. The van der Waals surface area contributed by atoms with Crippen molar-refractivity contribution in [2.45, 2.75) is 32.7 Å². The predicted octanol–water partition coefficient (Wildman–Crippen LogP) is 2.63. The van der Waals surface area contributed by atoms with E-state index < -0.39 is 0 Å². The Bertz CT molecular complexity index is 637. The first-order valence-electron chi connectivity index (χ1n) is 7.44. The molecule has 0 saturated carbocycles. The molecule has 1 aliphatic heterocycles. The zero-order chi connectivity index (χ0) is 14.7. The molecule has 1 amide bonds. The number of carbonyl (C=O) groups is 1. The Hall–Kier alpha value is -2.23. The number of carbonyl (C=O) groups excluding carboxylic acids is 1. The number of amides is 1. The highest BCUT2D eigenvalue weighted by Crippen LogP contribution is 2.18. The van der Waals surface area contributed by atoms with Gasteiger partial charge in [0.15, 0.2) is 0 Å². The number of aromatic nitrogens is 2. The van der Waals surface area contributed by atoms with E-state index in [9.17, 15) is 4.79 Å². The van der Waals surface area contributed by atoms with Crippen molar-refractivity contribution in [3.63, 3.8) is 0 Å². The Morgan fingerprint density at radius 3 is 2.86 bits per heavy atom. The summed E-state index contributed by atoms with van der Waals surface area (Å²) in [6.45, 7) is 3.48. The van der Waals surface area contributed by atoms with Gasteiger partial charge < -0.3 is 4.90 Å². The van der Waals surface area contributed by atoms with E-state index in [2.05, 4.69) is 29.0 Å². The van der Waals surface area contributed by atoms with Gasteiger partial charge in [0, 0.05) is 36.8 Å². The molecule has 0 fully saturated rings. The predicted molar refractivity (Wildman–Crippen MR) is 80.9 cm³/mol. The van der Waals surface area contributed by atoms with Gasteiger partial charge in [0.05, 0.1) is 5.69 Å². The maximum absolute atomic E-state index is 12.6. The number of rotatable bonds is 3. The molecule has 1 aromatic carbocycles. The van der Waals surface area contributed by atoms with Crippen LogP contribution in [0.4, 0.5) is 0 Å². The van der Waals surface area contributed by atoms with Gasteiger partial charge in [-0.2, -0.15) is 0 Å². The average Bonchev–Trinajstić information content (AvgIpc) is 2.55. The molecule has 0 N–H and O–H groups in total. The van der Waals surface area contributed by atoms with Crippen LogP contribution in [0.5, 0.6) is 0 Å². The van der Waals surface area contributed by atoms with Crippen molar-refractivity contribution < 1.29 is 4.79 Å². The first kappa shape index (κ1) is 13.7. The average molecular weight is 281 g/mol. The fourth-order valence-electron chi connectivity index (χ4n) is 2.73. The van der Waals surface area contributed by atoms with Crippen LogP contribution < -0.4 is 0 Å². The summed E-state index contributed by atoms with van der Waals surface area (Å²) in [4.78, 5) is 22.8. The number of aryl methyl sites for hydroxylation is 1. The zero-order valence-electron chi connectivity index (χ0n) is 12.2. The fourth-order valence-corrected chi connectivity index (χ4v) is 2.73. The second kappa shape index (κ2) is 6.04. The Morgan fingerprint density at radius 1 is 1.29 bits per heavy atom. The van der Waals surface area contributed by atoms with Crippen molar-refractivity contribution in [2.75, 3.05) is 6.54 Å². The van der Waals surface area contributed by atoms with Gasteiger partial charge >= 0.3 is 0 Å². The molecule has 2 heterocycles. The standard InChI is InChI=1S/C17H19N3O/c1-2-3-13-4-6-14(7-5-13)17(21)20-9-8-16-15(11-20)10-18-12-19-16/h4-7,10,12H,2-3,8-9,11H2,1H3.